The minimum absolute atomic E-state index is 0.290. The Morgan fingerprint density at radius 1 is 1.14 bits per heavy atom. The third kappa shape index (κ3) is 3.45. The summed E-state index contributed by atoms with van der Waals surface area (Å²) in [6.07, 6.45) is 1.72. The predicted molar refractivity (Wildman–Crippen MR) is 110 cm³/mol. The molecule has 0 fully saturated rings. The number of pyridine rings is 1. The Kier molecular flexibility index (Phi) is 4.76. The van der Waals surface area contributed by atoms with Crippen LogP contribution in [0.5, 0.6) is 0 Å². The normalized spacial score (nSPS) is 10.8. The molecule has 6 heteroatoms. The number of hydrogen-bond donors (Lipinski definition) is 0. The van der Waals surface area contributed by atoms with Gasteiger partial charge in [0.15, 0.2) is 5.13 Å². The standard InChI is InChI=1S/C22H17FN4S/c1-14-15(2)28-22(26-14)27(20-7-5-16(12-24)6-8-20)13-18-11-19(23)10-17-4-3-9-25-21(17)18/h3-11H,13H2,1-2H3. The number of thiazole rings is 1. The summed E-state index contributed by atoms with van der Waals surface area (Å²) in [6.45, 7) is 4.43. The zero-order valence-corrected chi connectivity index (χ0v) is 16.3. The molecule has 0 spiro atoms. The summed E-state index contributed by atoms with van der Waals surface area (Å²) in [6, 6.07) is 16.1. The second-order valence-corrected chi connectivity index (χ2v) is 7.70. The van der Waals surface area contributed by atoms with E-state index in [0.29, 0.717) is 12.1 Å². The average molecular weight is 388 g/mol. The minimum atomic E-state index is -0.290. The number of nitriles is 1. The lowest BCUT2D eigenvalue weighted by Crippen LogP contribution is -2.17. The zero-order valence-electron chi connectivity index (χ0n) is 15.5. The van der Waals surface area contributed by atoms with E-state index in [0.717, 1.165) is 37.9 Å². The first kappa shape index (κ1) is 18.1. The van der Waals surface area contributed by atoms with Gasteiger partial charge in [-0.2, -0.15) is 5.26 Å². The Labute approximate surface area is 166 Å². The zero-order chi connectivity index (χ0) is 19.7. The fourth-order valence-corrected chi connectivity index (χ4v) is 4.00. The molecule has 2 aromatic carbocycles. The number of hydrogen-bond acceptors (Lipinski definition) is 5. The van der Waals surface area contributed by atoms with Gasteiger partial charge in [-0.05, 0) is 56.3 Å². The van der Waals surface area contributed by atoms with Crippen molar-refractivity contribution in [2.24, 2.45) is 0 Å². The maximum absolute atomic E-state index is 14.2. The van der Waals surface area contributed by atoms with E-state index < -0.39 is 0 Å². The van der Waals surface area contributed by atoms with Gasteiger partial charge in [0.05, 0.1) is 29.4 Å². The summed E-state index contributed by atoms with van der Waals surface area (Å²) in [5.41, 5.74) is 4.01. The Bertz CT molecular complexity index is 1170. The Balaban J connectivity index is 1.83. The van der Waals surface area contributed by atoms with Crippen molar-refractivity contribution in [2.45, 2.75) is 20.4 Å². The molecular weight excluding hydrogens is 371 g/mol. The highest BCUT2D eigenvalue weighted by Crippen LogP contribution is 2.34. The monoisotopic (exact) mass is 388 g/mol. The van der Waals surface area contributed by atoms with Crippen LogP contribution in [0.1, 0.15) is 21.7 Å². The van der Waals surface area contributed by atoms with Crippen molar-refractivity contribution in [3.05, 3.63) is 82.2 Å². The third-order valence-corrected chi connectivity index (χ3v) is 5.73. The van der Waals surface area contributed by atoms with E-state index in [2.05, 4.69) is 11.1 Å². The number of rotatable bonds is 4. The topological polar surface area (TPSA) is 52.8 Å². The molecule has 2 heterocycles. The van der Waals surface area contributed by atoms with Crippen LogP contribution < -0.4 is 4.90 Å². The largest absolute Gasteiger partial charge is 0.313 e. The van der Waals surface area contributed by atoms with Gasteiger partial charge in [0.25, 0.3) is 0 Å². The highest BCUT2D eigenvalue weighted by molar-refractivity contribution is 7.15. The van der Waals surface area contributed by atoms with Gasteiger partial charge in [-0.15, -0.1) is 11.3 Å². The van der Waals surface area contributed by atoms with Crippen molar-refractivity contribution < 1.29 is 4.39 Å². The van der Waals surface area contributed by atoms with E-state index >= 15 is 0 Å². The summed E-state index contributed by atoms with van der Waals surface area (Å²) >= 11 is 1.59. The number of nitrogens with zero attached hydrogens (tertiary/aromatic N) is 4. The molecule has 28 heavy (non-hydrogen) atoms. The van der Waals surface area contributed by atoms with Crippen LogP contribution in [0.15, 0.2) is 54.7 Å². The maximum Gasteiger partial charge on any atom is 0.190 e. The van der Waals surface area contributed by atoms with Gasteiger partial charge in [0.1, 0.15) is 5.82 Å². The van der Waals surface area contributed by atoms with Crippen molar-refractivity contribution in [2.75, 3.05) is 4.90 Å². The average Bonchev–Trinajstić information content (AvgIpc) is 3.04. The second kappa shape index (κ2) is 7.37. The molecule has 0 aliphatic heterocycles. The predicted octanol–water partition coefficient (Wildman–Crippen LogP) is 5.66. The Morgan fingerprint density at radius 3 is 2.61 bits per heavy atom. The van der Waals surface area contributed by atoms with E-state index in [1.165, 1.54) is 12.1 Å². The SMILES string of the molecule is Cc1nc(N(Cc2cc(F)cc3cccnc23)c2ccc(C#N)cc2)sc1C. The van der Waals surface area contributed by atoms with Gasteiger partial charge in [0, 0.05) is 27.7 Å². The van der Waals surface area contributed by atoms with Gasteiger partial charge in [-0.1, -0.05) is 6.07 Å². The number of anilines is 2. The van der Waals surface area contributed by atoms with Gasteiger partial charge >= 0.3 is 0 Å². The summed E-state index contributed by atoms with van der Waals surface area (Å²) < 4.78 is 14.2. The highest BCUT2D eigenvalue weighted by atomic mass is 32.1. The van der Waals surface area contributed by atoms with Crippen LogP contribution in [0.4, 0.5) is 15.2 Å². The molecule has 0 aliphatic carbocycles. The van der Waals surface area contributed by atoms with Crippen molar-refractivity contribution >= 4 is 33.1 Å². The first-order valence-corrected chi connectivity index (χ1v) is 9.61. The van der Waals surface area contributed by atoms with Crippen molar-refractivity contribution in [1.29, 1.82) is 5.26 Å². The van der Waals surface area contributed by atoms with Crippen molar-refractivity contribution in [3.8, 4) is 6.07 Å². The highest BCUT2D eigenvalue weighted by Gasteiger charge is 2.18. The lowest BCUT2D eigenvalue weighted by molar-refractivity contribution is 0.627. The van der Waals surface area contributed by atoms with Crippen LogP contribution in [0.25, 0.3) is 10.9 Å². The molecule has 4 rings (SSSR count). The number of aromatic nitrogens is 2. The number of benzene rings is 2. The third-order valence-electron chi connectivity index (χ3n) is 4.63. The minimum Gasteiger partial charge on any atom is -0.313 e. The summed E-state index contributed by atoms with van der Waals surface area (Å²) in [7, 11) is 0. The van der Waals surface area contributed by atoms with Crippen LogP contribution in [0.3, 0.4) is 0 Å². The molecule has 0 N–H and O–H groups in total. The van der Waals surface area contributed by atoms with E-state index in [-0.39, 0.29) is 5.82 Å². The Morgan fingerprint density at radius 2 is 1.93 bits per heavy atom. The first-order valence-electron chi connectivity index (χ1n) is 8.80. The molecule has 0 amide bonds. The molecule has 2 aromatic heterocycles. The van der Waals surface area contributed by atoms with Gasteiger partial charge in [-0.25, -0.2) is 9.37 Å². The molecular formula is C22H17FN4S. The van der Waals surface area contributed by atoms with E-state index in [4.69, 9.17) is 10.2 Å². The van der Waals surface area contributed by atoms with Crippen molar-refractivity contribution in [3.63, 3.8) is 0 Å². The molecule has 0 bridgehead atoms. The van der Waals surface area contributed by atoms with Gasteiger partial charge in [-0.3, -0.25) is 4.98 Å². The summed E-state index contributed by atoms with van der Waals surface area (Å²) in [4.78, 5) is 12.3. The van der Waals surface area contributed by atoms with Gasteiger partial charge < -0.3 is 4.90 Å². The fourth-order valence-electron chi connectivity index (χ4n) is 3.07. The van der Waals surface area contributed by atoms with Crippen LogP contribution in [-0.4, -0.2) is 9.97 Å². The van der Waals surface area contributed by atoms with Crippen LogP contribution in [0, 0.1) is 31.0 Å². The van der Waals surface area contributed by atoms with Crippen LogP contribution >= 0.6 is 11.3 Å². The molecule has 4 aromatic rings. The van der Waals surface area contributed by atoms with E-state index in [9.17, 15) is 4.39 Å². The maximum atomic E-state index is 14.2. The molecule has 0 atom stereocenters. The number of halogens is 1. The molecule has 0 saturated heterocycles. The molecule has 0 aliphatic rings. The Hall–Kier alpha value is -3.30. The van der Waals surface area contributed by atoms with Crippen LogP contribution in [-0.2, 0) is 6.54 Å². The van der Waals surface area contributed by atoms with E-state index in [1.54, 1.807) is 35.7 Å². The summed E-state index contributed by atoms with van der Waals surface area (Å²) in [5, 5.41) is 10.7. The number of aryl methyl sites for hydroxylation is 2. The van der Waals surface area contributed by atoms with Crippen molar-refractivity contribution in [1.82, 2.24) is 9.97 Å². The lowest BCUT2D eigenvalue weighted by atomic mass is 10.1. The number of fused-ring (bicyclic) bond motifs is 1. The first-order chi connectivity index (χ1) is 13.5. The molecule has 0 saturated carbocycles. The quantitative estimate of drug-likeness (QED) is 0.453. The lowest BCUT2D eigenvalue weighted by Gasteiger charge is -2.23. The second-order valence-electron chi connectivity index (χ2n) is 6.52. The molecule has 138 valence electrons. The van der Waals surface area contributed by atoms with Gasteiger partial charge in [0.2, 0.25) is 0 Å². The summed E-state index contributed by atoms with van der Waals surface area (Å²) in [5.74, 6) is -0.290. The molecule has 0 unspecified atom stereocenters. The van der Waals surface area contributed by atoms with Crippen LogP contribution in [0.2, 0.25) is 0 Å². The fraction of sp³-hybridized carbons (Fsp3) is 0.136. The smallest absolute Gasteiger partial charge is 0.190 e. The molecule has 0 radical (unpaired) electrons. The molecule has 4 nitrogen and oxygen atoms in total. The van der Waals surface area contributed by atoms with E-state index in [1.807, 2.05) is 36.9 Å².